The lowest BCUT2D eigenvalue weighted by atomic mass is 10.2. The number of alkyl halides is 3. The maximum absolute atomic E-state index is 12.9. The molecule has 0 saturated carbocycles. The molecule has 14 heteroatoms. The van der Waals surface area contributed by atoms with Crippen LogP contribution in [0.25, 0.3) is 0 Å². The molecule has 0 aliphatic carbocycles. The highest BCUT2D eigenvalue weighted by Gasteiger charge is 2.45. The average molecular weight is 485 g/mol. The molecule has 0 radical (unpaired) electrons. The molecule has 1 aliphatic heterocycles. The topological polar surface area (TPSA) is 91.8 Å². The Morgan fingerprint density at radius 1 is 1.40 bits per heavy atom. The second-order valence-electron chi connectivity index (χ2n) is 6.29. The molecule has 1 aliphatic rings. The van der Waals surface area contributed by atoms with E-state index in [1.165, 1.54) is 17.5 Å². The molecule has 2 aromatic rings. The van der Waals surface area contributed by atoms with Crippen molar-refractivity contribution >= 4 is 49.7 Å². The summed E-state index contributed by atoms with van der Waals surface area (Å²) in [5, 5.41) is 4.13. The van der Waals surface area contributed by atoms with Crippen molar-refractivity contribution in [2.75, 3.05) is 29.5 Å². The van der Waals surface area contributed by atoms with Crippen LogP contribution in [0, 0.1) is 0 Å². The van der Waals surface area contributed by atoms with Gasteiger partial charge in [0.2, 0.25) is 5.13 Å². The van der Waals surface area contributed by atoms with Crippen LogP contribution in [-0.2, 0) is 19.7 Å². The van der Waals surface area contributed by atoms with Crippen LogP contribution in [-0.4, -0.2) is 51.7 Å². The first kappa shape index (κ1) is 22.6. The van der Waals surface area contributed by atoms with Crippen molar-refractivity contribution in [1.29, 1.82) is 0 Å². The third-order valence-electron chi connectivity index (χ3n) is 4.37. The number of benzene rings is 1. The molecule has 30 heavy (non-hydrogen) atoms. The number of thiazole rings is 1. The van der Waals surface area contributed by atoms with Gasteiger partial charge in [-0.05, 0) is 31.2 Å². The maximum atomic E-state index is 12.9. The normalized spacial score (nSPS) is 17.0. The highest BCUT2D eigenvalue weighted by Crippen LogP contribution is 2.33. The van der Waals surface area contributed by atoms with Crippen LogP contribution in [0.1, 0.15) is 6.42 Å². The number of aromatic nitrogens is 1. The Kier molecular flexibility index (Phi) is 6.45. The number of nitrogens with zero attached hydrogens (tertiary/aromatic N) is 3. The van der Waals surface area contributed by atoms with E-state index in [2.05, 4.69) is 15.1 Å². The number of anilines is 2. The molecular formula is C16H16ClF3N4O4S2. The van der Waals surface area contributed by atoms with E-state index in [1.807, 2.05) is 4.90 Å². The number of halogens is 4. The van der Waals surface area contributed by atoms with Gasteiger partial charge < -0.3 is 15.1 Å². The summed E-state index contributed by atoms with van der Waals surface area (Å²) in [4.78, 5) is 20.5. The third-order valence-corrected chi connectivity index (χ3v) is 7.06. The van der Waals surface area contributed by atoms with E-state index in [4.69, 9.17) is 11.6 Å². The Morgan fingerprint density at radius 3 is 2.67 bits per heavy atom. The molecule has 1 aromatic heterocycles. The zero-order chi connectivity index (χ0) is 22.1. The molecule has 0 amide bonds. The summed E-state index contributed by atoms with van der Waals surface area (Å²) in [6, 6.07) is 3.87. The van der Waals surface area contributed by atoms with Gasteiger partial charge in [-0.1, -0.05) is 16.1 Å². The van der Waals surface area contributed by atoms with Crippen LogP contribution in [0.15, 0.2) is 34.7 Å². The number of nitrogens with one attached hydrogen (secondary N) is 1. The van der Waals surface area contributed by atoms with Crippen molar-refractivity contribution in [3.8, 4) is 0 Å². The first-order chi connectivity index (χ1) is 14.0. The minimum absolute atomic E-state index is 0.0757. The lowest BCUT2D eigenvalue weighted by Crippen LogP contribution is -2.38. The molecule has 164 valence electrons. The number of hydrogen-bond acceptors (Lipinski definition) is 8. The number of hydrogen-bond donors (Lipinski definition) is 1. The van der Waals surface area contributed by atoms with Gasteiger partial charge in [0.05, 0.1) is 15.6 Å². The van der Waals surface area contributed by atoms with Gasteiger partial charge in [-0.2, -0.15) is 21.6 Å². The summed E-state index contributed by atoms with van der Waals surface area (Å²) in [5.41, 5.74) is 0.553. The van der Waals surface area contributed by atoms with E-state index in [-0.39, 0.29) is 15.5 Å². The molecule has 0 bridgehead atoms. The SMILES string of the molecule is CN(c1ccc(S(=O)(=O)N(OC(=O)C(F)(F)F)c2nccs2)cc1Cl)[C@H]1CCNC1. The summed E-state index contributed by atoms with van der Waals surface area (Å²) in [6.45, 7) is 1.57. The minimum Gasteiger partial charge on any atom is -0.369 e. The van der Waals surface area contributed by atoms with Crippen LogP contribution < -0.4 is 14.7 Å². The van der Waals surface area contributed by atoms with Gasteiger partial charge in [-0.15, -0.1) is 11.3 Å². The maximum Gasteiger partial charge on any atom is 0.493 e. The van der Waals surface area contributed by atoms with Crippen molar-refractivity contribution in [2.45, 2.75) is 23.5 Å². The summed E-state index contributed by atoms with van der Waals surface area (Å²) in [6.07, 6.45) is -3.37. The fourth-order valence-corrected chi connectivity index (χ4v) is 5.23. The first-order valence-electron chi connectivity index (χ1n) is 8.49. The lowest BCUT2D eigenvalue weighted by Gasteiger charge is -2.27. The van der Waals surface area contributed by atoms with Crippen LogP contribution in [0.2, 0.25) is 5.02 Å². The number of carbonyl (C=O) groups excluding carboxylic acids is 1. The molecule has 8 nitrogen and oxygen atoms in total. The minimum atomic E-state index is -5.40. The smallest absolute Gasteiger partial charge is 0.369 e. The molecule has 1 atom stereocenters. The predicted octanol–water partition coefficient (Wildman–Crippen LogP) is 2.81. The largest absolute Gasteiger partial charge is 0.493 e. The van der Waals surface area contributed by atoms with Crippen molar-refractivity contribution in [1.82, 2.24) is 10.3 Å². The van der Waals surface area contributed by atoms with E-state index in [0.29, 0.717) is 17.0 Å². The van der Waals surface area contributed by atoms with E-state index in [1.54, 1.807) is 7.05 Å². The highest BCUT2D eigenvalue weighted by atomic mass is 35.5. The number of sulfonamides is 1. The van der Waals surface area contributed by atoms with Crippen LogP contribution in [0.4, 0.5) is 24.0 Å². The number of carbonyl (C=O) groups is 1. The van der Waals surface area contributed by atoms with Gasteiger partial charge in [0.25, 0.3) is 10.0 Å². The molecule has 1 N–H and O–H groups in total. The second kappa shape index (κ2) is 8.57. The second-order valence-corrected chi connectivity index (χ2v) is 9.33. The van der Waals surface area contributed by atoms with Crippen molar-refractivity contribution < 1.29 is 31.2 Å². The van der Waals surface area contributed by atoms with Gasteiger partial charge >= 0.3 is 12.1 Å². The van der Waals surface area contributed by atoms with Crippen molar-refractivity contribution in [3.05, 3.63) is 34.8 Å². The number of rotatable bonds is 6. The Morgan fingerprint density at radius 2 is 2.13 bits per heavy atom. The Labute approximate surface area is 179 Å². The van der Waals surface area contributed by atoms with E-state index in [9.17, 15) is 26.4 Å². The molecule has 0 spiro atoms. The van der Waals surface area contributed by atoms with Gasteiger partial charge in [0.15, 0.2) is 0 Å². The Bertz CT molecular complexity index is 1010. The zero-order valence-corrected chi connectivity index (χ0v) is 17.8. The molecule has 1 fully saturated rings. The summed E-state index contributed by atoms with van der Waals surface area (Å²) >= 11 is 6.95. The Hall–Kier alpha value is -2.09. The molecule has 3 rings (SSSR count). The highest BCUT2D eigenvalue weighted by molar-refractivity contribution is 7.92. The fourth-order valence-electron chi connectivity index (χ4n) is 2.82. The third kappa shape index (κ3) is 4.63. The van der Waals surface area contributed by atoms with E-state index in [0.717, 1.165) is 31.8 Å². The summed E-state index contributed by atoms with van der Waals surface area (Å²) in [5.74, 6) is -2.70. The molecule has 1 saturated heterocycles. The number of likely N-dealkylation sites (N-methyl/N-ethyl adjacent to an activating group) is 1. The van der Waals surface area contributed by atoms with Crippen molar-refractivity contribution in [2.24, 2.45) is 0 Å². The van der Waals surface area contributed by atoms with Gasteiger partial charge in [-0.25, -0.2) is 9.78 Å². The summed E-state index contributed by atoms with van der Waals surface area (Å²) < 4.78 is 63.7. The van der Waals surface area contributed by atoms with Crippen molar-refractivity contribution in [3.63, 3.8) is 0 Å². The molecule has 0 unspecified atom stereocenters. The van der Waals surface area contributed by atoms with Crippen LogP contribution in [0.5, 0.6) is 0 Å². The molecule has 2 heterocycles. The van der Waals surface area contributed by atoms with Gasteiger partial charge in [0, 0.05) is 31.2 Å². The van der Waals surface area contributed by atoms with Gasteiger partial charge in [0.1, 0.15) is 0 Å². The molecular weight excluding hydrogens is 469 g/mol. The first-order valence-corrected chi connectivity index (χ1v) is 11.2. The van der Waals surface area contributed by atoms with Gasteiger partial charge in [-0.3, -0.25) is 0 Å². The predicted molar refractivity (Wildman–Crippen MR) is 105 cm³/mol. The van der Waals surface area contributed by atoms with Crippen LogP contribution >= 0.6 is 22.9 Å². The van der Waals surface area contributed by atoms with Crippen LogP contribution in [0.3, 0.4) is 0 Å². The standard InChI is InChI=1S/C16H16ClF3N4O4S2/c1-23(10-4-5-21-9-10)13-3-2-11(8-12(13)17)30(26,27)24(15-22-6-7-29-15)28-14(25)16(18,19)20/h2-3,6-8,10,21H,4-5,9H2,1H3/t10-/m0/s1. The summed E-state index contributed by atoms with van der Waals surface area (Å²) in [7, 11) is -2.93. The fraction of sp³-hybridized carbons (Fsp3) is 0.375. The molecule has 1 aromatic carbocycles. The average Bonchev–Trinajstić information content (AvgIpc) is 3.38. The quantitative estimate of drug-likeness (QED) is 0.630. The Balaban J connectivity index is 1.94. The monoisotopic (exact) mass is 484 g/mol. The van der Waals surface area contributed by atoms with E-state index >= 15 is 0 Å². The lowest BCUT2D eigenvalue weighted by molar-refractivity contribution is -0.199. The van der Waals surface area contributed by atoms with E-state index < -0.39 is 32.2 Å². The zero-order valence-electron chi connectivity index (χ0n) is 15.4.